The van der Waals surface area contributed by atoms with E-state index in [2.05, 4.69) is 5.32 Å². The van der Waals surface area contributed by atoms with Crippen LogP contribution in [0.15, 0.2) is 18.2 Å². The highest BCUT2D eigenvalue weighted by Gasteiger charge is 2.22. The summed E-state index contributed by atoms with van der Waals surface area (Å²) in [7, 11) is 0. The van der Waals surface area contributed by atoms with Gasteiger partial charge in [-0.05, 0) is 25.5 Å². The minimum Gasteiger partial charge on any atom is -0.380 e. The molecule has 2 rings (SSSR count). The predicted molar refractivity (Wildman–Crippen MR) is 54.0 cm³/mol. The Morgan fingerprint density at radius 3 is 3.14 bits per heavy atom. The van der Waals surface area contributed by atoms with Gasteiger partial charge >= 0.3 is 0 Å². The molecular formula is C11H14FNO. The van der Waals surface area contributed by atoms with E-state index in [0.29, 0.717) is 13.2 Å². The molecule has 1 atom stereocenters. The topological polar surface area (TPSA) is 21.3 Å². The molecule has 0 bridgehead atoms. The highest BCUT2D eigenvalue weighted by Crippen LogP contribution is 2.27. The first-order chi connectivity index (χ1) is 6.81. The maximum atomic E-state index is 13.3. The molecule has 2 nitrogen and oxygen atoms in total. The molecule has 0 aliphatic carbocycles. The van der Waals surface area contributed by atoms with Crippen LogP contribution in [-0.4, -0.2) is 19.3 Å². The first-order valence-electron chi connectivity index (χ1n) is 4.93. The molecule has 1 aliphatic heterocycles. The predicted octanol–water partition coefficient (Wildman–Crippen LogP) is 2.20. The molecule has 0 unspecified atom stereocenters. The molecule has 0 saturated heterocycles. The smallest absolute Gasteiger partial charge is 0.128 e. The number of anilines is 1. The summed E-state index contributed by atoms with van der Waals surface area (Å²) in [5.74, 6) is -0.117. The second kappa shape index (κ2) is 3.96. The third-order valence-electron chi connectivity index (χ3n) is 2.45. The Hall–Kier alpha value is -1.09. The zero-order valence-electron chi connectivity index (χ0n) is 8.22. The van der Waals surface area contributed by atoms with Gasteiger partial charge in [0.15, 0.2) is 0 Å². The summed E-state index contributed by atoms with van der Waals surface area (Å²) in [4.78, 5) is 0. The van der Waals surface area contributed by atoms with Gasteiger partial charge in [0.1, 0.15) is 5.82 Å². The van der Waals surface area contributed by atoms with Gasteiger partial charge in [0, 0.05) is 17.9 Å². The Labute approximate surface area is 83.1 Å². The van der Waals surface area contributed by atoms with Gasteiger partial charge in [-0.1, -0.05) is 6.07 Å². The maximum absolute atomic E-state index is 13.3. The molecule has 0 radical (unpaired) electrons. The first-order valence-corrected chi connectivity index (χ1v) is 4.93. The van der Waals surface area contributed by atoms with Crippen LogP contribution in [0, 0.1) is 5.82 Å². The monoisotopic (exact) mass is 195 g/mol. The molecule has 0 amide bonds. The van der Waals surface area contributed by atoms with Crippen molar-refractivity contribution in [1.82, 2.24) is 0 Å². The van der Waals surface area contributed by atoms with E-state index in [1.54, 1.807) is 6.07 Å². The van der Waals surface area contributed by atoms with Crippen molar-refractivity contribution in [3.8, 4) is 0 Å². The van der Waals surface area contributed by atoms with Gasteiger partial charge in [-0.2, -0.15) is 0 Å². The molecule has 0 fully saturated rings. The highest BCUT2D eigenvalue weighted by molar-refractivity contribution is 5.57. The maximum Gasteiger partial charge on any atom is 0.128 e. The van der Waals surface area contributed by atoms with Crippen molar-refractivity contribution < 1.29 is 9.13 Å². The number of ether oxygens (including phenoxy) is 1. The van der Waals surface area contributed by atoms with Gasteiger partial charge in [-0.25, -0.2) is 4.39 Å². The normalized spacial score (nSPS) is 19.1. The van der Waals surface area contributed by atoms with E-state index in [9.17, 15) is 4.39 Å². The molecule has 1 aromatic carbocycles. The van der Waals surface area contributed by atoms with Crippen molar-refractivity contribution in [3.05, 3.63) is 29.6 Å². The van der Waals surface area contributed by atoms with E-state index in [0.717, 1.165) is 17.7 Å². The van der Waals surface area contributed by atoms with Crippen LogP contribution in [0.1, 0.15) is 12.5 Å². The quantitative estimate of drug-likeness (QED) is 0.798. The average Bonchev–Trinajstić information content (AvgIpc) is 2.59. The zero-order valence-corrected chi connectivity index (χ0v) is 8.22. The largest absolute Gasteiger partial charge is 0.380 e. The molecule has 1 heterocycles. The van der Waals surface area contributed by atoms with E-state index in [1.165, 1.54) is 6.07 Å². The lowest BCUT2D eigenvalue weighted by atomic mass is 10.1. The van der Waals surface area contributed by atoms with Crippen molar-refractivity contribution in [3.63, 3.8) is 0 Å². The lowest BCUT2D eigenvalue weighted by Gasteiger charge is -2.09. The number of halogens is 1. The minimum absolute atomic E-state index is 0.117. The molecule has 3 heteroatoms. The van der Waals surface area contributed by atoms with Crippen LogP contribution in [0.25, 0.3) is 0 Å². The third kappa shape index (κ3) is 1.73. The van der Waals surface area contributed by atoms with Crippen LogP contribution in [0.3, 0.4) is 0 Å². The van der Waals surface area contributed by atoms with Crippen molar-refractivity contribution in [2.75, 3.05) is 18.5 Å². The molecule has 0 aromatic heterocycles. The number of rotatable bonds is 3. The Kier molecular flexibility index (Phi) is 2.68. The van der Waals surface area contributed by atoms with Crippen molar-refractivity contribution in [2.45, 2.75) is 19.4 Å². The summed E-state index contributed by atoms with van der Waals surface area (Å²) < 4.78 is 18.6. The molecule has 0 saturated carbocycles. The lowest BCUT2D eigenvalue weighted by Crippen LogP contribution is -2.22. The molecule has 1 aliphatic rings. The minimum atomic E-state index is -0.117. The van der Waals surface area contributed by atoms with Gasteiger partial charge in [-0.15, -0.1) is 0 Å². The summed E-state index contributed by atoms with van der Waals surface area (Å²) >= 11 is 0. The first kappa shape index (κ1) is 9.46. The third-order valence-corrected chi connectivity index (χ3v) is 2.45. The average molecular weight is 195 g/mol. The second-order valence-corrected chi connectivity index (χ2v) is 3.47. The van der Waals surface area contributed by atoms with Crippen LogP contribution in [-0.2, 0) is 11.2 Å². The Morgan fingerprint density at radius 1 is 1.57 bits per heavy atom. The van der Waals surface area contributed by atoms with Gasteiger partial charge < -0.3 is 10.1 Å². The summed E-state index contributed by atoms with van der Waals surface area (Å²) in [5.41, 5.74) is 1.70. The van der Waals surface area contributed by atoms with E-state index in [1.807, 2.05) is 13.0 Å². The number of hydrogen-bond acceptors (Lipinski definition) is 2. The van der Waals surface area contributed by atoms with Crippen molar-refractivity contribution in [2.24, 2.45) is 0 Å². The number of hydrogen-bond donors (Lipinski definition) is 1. The number of nitrogens with one attached hydrogen (secondary N) is 1. The summed E-state index contributed by atoms with van der Waals surface area (Å²) in [5, 5.41) is 3.25. The molecule has 0 spiro atoms. The van der Waals surface area contributed by atoms with Crippen molar-refractivity contribution in [1.29, 1.82) is 0 Å². The van der Waals surface area contributed by atoms with Crippen LogP contribution in [0.4, 0.5) is 10.1 Å². The lowest BCUT2D eigenvalue weighted by molar-refractivity contribution is 0.139. The van der Waals surface area contributed by atoms with Crippen molar-refractivity contribution >= 4 is 5.69 Å². The number of fused-ring (bicyclic) bond motifs is 1. The Morgan fingerprint density at radius 2 is 2.43 bits per heavy atom. The van der Waals surface area contributed by atoms with Gasteiger partial charge in [0.05, 0.1) is 12.6 Å². The van der Waals surface area contributed by atoms with E-state index in [-0.39, 0.29) is 11.9 Å². The van der Waals surface area contributed by atoms with Crippen LogP contribution in [0.5, 0.6) is 0 Å². The Bertz CT molecular complexity index is 327. The molecule has 76 valence electrons. The van der Waals surface area contributed by atoms with Crippen LogP contribution < -0.4 is 5.32 Å². The summed E-state index contributed by atoms with van der Waals surface area (Å²) in [6.07, 6.45) is 0.724. The zero-order chi connectivity index (χ0) is 9.97. The molecule has 1 aromatic rings. The van der Waals surface area contributed by atoms with E-state index in [4.69, 9.17) is 4.74 Å². The van der Waals surface area contributed by atoms with E-state index >= 15 is 0 Å². The standard InChI is InChI=1S/C11H14FNO/c1-2-14-7-8-6-9-10(12)4-3-5-11(9)13-8/h3-5,8,13H,2,6-7H2,1H3/t8-/m0/s1. The van der Waals surface area contributed by atoms with Gasteiger partial charge in [-0.3, -0.25) is 0 Å². The Balaban J connectivity index is 2.06. The number of benzene rings is 1. The molecule has 1 N–H and O–H groups in total. The fourth-order valence-electron chi connectivity index (χ4n) is 1.78. The van der Waals surface area contributed by atoms with Gasteiger partial charge in [0.2, 0.25) is 0 Å². The molecular weight excluding hydrogens is 181 g/mol. The highest BCUT2D eigenvalue weighted by atomic mass is 19.1. The fourth-order valence-corrected chi connectivity index (χ4v) is 1.78. The molecule has 14 heavy (non-hydrogen) atoms. The van der Waals surface area contributed by atoms with Gasteiger partial charge in [0.25, 0.3) is 0 Å². The SMILES string of the molecule is CCOC[C@@H]1Cc2c(F)cccc2N1. The summed E-state index contributed by atoms with van der Waals surface area (Å²) in [6.45, 7) is 3.31. The van der Waals surface area contributed by atoms with Crippen LogP contribution in [0.2, 0.25) is 0 Å². The summed E-state index contributed by atoms with van der Waals surface area (Å²) in [6, 6.07) is 5.36. The fraction of sp³-hybridized carbons (Fsp3) is 0.455. The second-order valence-electron chi connectivity index (χ2n) is 3.47. The van der Waals surface area contributed by atoms with E-state index < -0.39 is 0 Å². The van der Waals surface area contributed by atoms with Crippen LogP contribution >= 0.6 is 0 Å².